The lowest BCUT2D eigenvalue weighted by molar-refractivity contribution is -0.106. The minimum absolute atomic E-state index is 0.251. The molecule has 0 N–H and O–H groups in total. The molecule has 0 spiro atoms. The first-order chi connectivity index (χ1) is 9.65. The minimum atomic E-state index is -0.938. The third kappa shape index (κ3) is 3.40. The van der Waals surface area contributed by atoms with Crippen molar-refractivity contribution in [2.75, 3.05) is 20.8 Å². The first-order valence-electron chi connectivity index (χ1n) is 6.32. The van der Waals surface area contributed by atoms with Crippen LogP contribution < -0.4 is 0 Å². The summed E-state index contributed by atoms with van der Waals surface area (Å²) in [6, 6.07) is 10.0. The van der Waals surface area contributed by atoms with Gasteiger partial charge in [-0.05, 0) is 23.8 Å². The number of hydrogen-bond donors (Lipinski definition) is 0. The Bertz CT molecular complexity index is 476. The van der Waals surface area contributed by atoms with E-state index < -0.39 is 12.2 Å². The van der Waals surface area contributed by atoms with Gasteiger partial charge in [-0.1, -0.05) is 30.3 Å². The van der Waals surface area contributed by atoms with Crippen LogP contribution in [0.5, 0.6) is 0 Å². The average molecular weight is 279 g/mol. The molecule has 0 heterocycles. The molecule has 1 saturated carbocycles. The Morgan fingerprint density at radius 1 is 1.20 bits per heavy atom. The molecule has 0 saturated heterocycles. The number of nitrogens with zero attached hydrogens (tertiary/aromatic N) is 1. The molecule has 1 aromatic rings. The lowest BCUT2D eigenvalue weighted by Crippen LogP contribution is -2.35. The predicted octanol–water partition coefficient (Wildman–Crippen LogP) is 2.56. The molecule has 2 atom stereocenters. The number of ether oxygens (including phenoxy) is 2. The number of methoxy groups -OCH3 is 2. The zero-order chi connectivity index (χ0) is 14.5. The molecule has 0 aliphatic heterocycles. The topological polar surface area (TPSA) is 65.1 Å². The second-order valence-corrected chi connectivity index (χ2v) is 4.59. The zero-order valence-electron chi connectivity index (χ0n) is 11.4. The normalized spacial score (nSPS) is 19.9. The number of benzene rings is 1. The zero-order valence-corrected chi connectivity index (χ0v) is 11.4. The van der Waals surface area contributed by atoms with Gasteiger partial charge < -0.3 is 14.3 Å². The van der Waals surface area contributed by atoms with Crippen LogP contribution in [0.3, 0.4) is 0 Å². The predicted molar refractivity (Wildman–Crippen MR) is 69.9 cm³/mol. The summed E-state index contributed by atoms with van der Waals surface area (Å²) in [5.74, 6) is 0.630. The van der Waals surface area contributed by atoms with Gasteiger partial charge in [-0.25, -0.2) is 9.59 Å². The summed E-state index contributed by atoms with van der Waals surface area (Å²) in [5.41, 5.74) is 1.22. The lowest BCUT2D eigenvalue weighted by Gasteiger charge is -2.18. The lowest BCUT2D eigenvalue weighted by atomic mass is 10.1. The van der Waals surface area contributed by atoms with Crippen LogP contribution in [-0.4, -0.2) is 38.1 Å². The first kappa shape index (κ1) is 14.2. The largest absolute Gasteiger partial charge is 0.533 e. The second kappa shape index (κ2) is 6.27. The Kier molecular flexibility index (Phi) is 4.45. The molecule has 0 radical (unpaired) electrons. The Morgan fingerprint density at radius 2 is 1.90 bits per heavy atom. The first-order valence-corrected chi connectivity index (χ1v) is 6.32. The van der Waals surface area contributed by atoms with Crippen molar-refractivity contribution in [3.8, 4) is 0 Å². The number of hydrogen-bond acceptors (Lipinski definition) is 5. The van der Waals surface area contributed by atoms with Crippen molar-refractivity contribution in [3.63, 3.8) is 0 Å². The van der Waals surface area contributed by atoms with Crippen LogP contribution in [0.15, 0.2) is 30.3 Å². The van der Waals surface area contributed by atoms with E-state index in [1.807, 2.05) is 30.3 Å². The van der Waals surface area contributed by atoms with Gasteiger partial charge in [-0.15, -0.1) is 5.06 Å². The summed E-state index contributed by atoms with van der Waals surface area (Å²) >= 11 is 0. The van der Waals surface area contributed by atoms with E-state index in [4.69, 9.17) is 4.84 Å². The molecular weight excluding hydrogens is 262 g/mol. The third-order valence-corrected chi connectivity index (χ3v) is 3.28. The number of amides is 1. The molecule has 6 nitrogen and oxygen atoms in total. The molecule has 6 heteroatoms. The molecule has 108 valence electrons. The van der Waals surface area contributed by atoms with E-state index in [0.717, 1.165) is 11.5 Å². The number of rotatable bonds is 3. The highest BCUT2D eigenvalue weighted by atomic mass is 16.8. The molecule has 0 bridgehead atoms. The number of carbonyl (C=O) groups is 2. The highest BCUT2D eigenvalue weighted by molar-refractivity contribution is 5.69. The standard InChI is InChI=1S/C14H17NO5/c1-18-13(16)15(20-14(17)19-2)9-11-8-12(11)10-6-4-3-5-7-10/h3-7,11-12H,8-9H2,1-2H3/t11-,12-/m0/s1. The molecule has 1 amide bonds. The van der Waals surface area contributed by atoms with Gasteiger partial charge in [-0.3, -0.25) is 0 Å². The van der Waals surface area contributed by atoms with Crippen molar-refractivity contribution in [1.29, 1.82) is 0 Å². The quantitative estimate of drug-likeness (QED) is 0.628. The fourth-order valence-corrected chi connectivity index (χ4v) is 2.15. The Morgan fingerprint density at radius 3 is 2.50 bits per heavy atom. The molecule has 1 aromatic carbocycles. The smallest absolute Gasteiger partial charge is 0.451 e. The van der Waals surface area contributed by atoms with Gasteiger partial charge in [0.05, 0.1) is 20.8 Å². The van der Waals surface area contributed by atoms with Crippen LogP contribution in [0.2, 0.25) is 0 Å². The minimum Gasteiger partial charge on any atom is -0.451 e. The van der Waals surface area contributed by atoms with Crippen LogP contribution in [0.4, 0.5) is 9.59 Å². The van der Waals surface area contributed by atoms with Crippen molar-refractivity contribution in [1.82, 2.24) is 5.06 Å². The van der Waals surface area contributed by atoms with Crippen LogP contribution in [0, 0.1) is 5.92 Å². The van der Waals surface area contributed by atoms with Gasteiger partial charge in [-0.2, -0.15) is 0 Å². The van der Waals surface area contributed by atoms with Crippen LogP contribution >= 0.6 is 0 Å². The van der Waals surface area contributed by atoms with Crippen LogP contribution in [0.1, 0.15) is 17.9 Å². The SMILES string of the molecule is COC(=O)ON(C[C@@H]1C[C@H]1c1ccccc1)C(=O)OC. The third-order valence-electron chi connectivity index (χ3n) is 3.28. The van der Waals surface area contributed by atoms with Gasteiger partial charge in [0.2, 0.25) is 0 Å². The van der Waals surface area contributed by atoms with Crippen molar-refractivity contribution in [2.24, 2.45) is 5.92 Å². The van der Waals surface area contributed by atoms with E-state index in [9.17, 15) is 9.59 Å². The molecule has 20 heavy (non-hydrogen) atoms. The van der Waals surface area contributed by atoms with Gasteiger partial charge in [0.15, 0.2) is 0 Å². The summed E-state index contributed by atoms with van der Waals surface area (Å²) in [4.78, 5) is 27.4. The highest BCUT2D eigenvalue weighted by Crippen LogP contribution is 2.47. The fraction of sp³-hybridized carbons (Fsp3) is 0.429. The van der Waals surface area contributed by atoms with Gasteiger partial charge in [0, 0.05) is 0 Å². The molecule has 1 fully saturated rings. The molecule has 0 unspecified atom stereocenters. The summed E-state index contributed by atoms with van der Waals surface area (Å²) in [5, 5.41) is 0.902. The monoisotopic (exact) mass is 279 g/mol. The molecule has 0 aromatic heterocycles. The maximum atomic E-state index is 11.5. The molecule has 2 rings (SSSR count). The van der Waals surface area contributed by atoms with Gasteiger partial charge >= 0.3 is 12.2 Å². The second-order valence-electron chi connectivity index (χ2n) is 4.59. The van der Waals surface area contributed by atoms with Crippen LogP contribution in [0.25, 0.3) is 0 Å². The Labute approximate surface area is 117 Å². The Hall–Kier alpha value is -2.24. The van der Waals surface area contributed by atoms with Crippen molar-refractivity contribution >= 4 is 12.2 Å². The molecule has 1 aliphatic rings. The highest BCUT2D eigenvalue weighted by Gasteiger charge is 2.41. The summed E-state index contributed by atoms with van der Waals surface area (Å²) in [6.07, 6.45) is -0.705. The van der Waals surface area contributed by atoms with Crippen LogP contribution in [-0.2, 0) is 14.3 Å². The van der Waals surface area contributed by atoms with E-state index in [1.54, 1.807) is 0 Å². The van der Waals surface area contributed by atoms with Crippen molar-refractivity contribution in [2.45, 2.75) is 12.3 Å². The summed E-state index contributed by atoms with van der Waals surface area (Å²) in [7, 11) is 2.42. The van der Waals surface area contributed by atoms with E-state index in [0.29, 0.717) is 12.5 Å². The fourth-order valence-electron chi connectivity index (χ4n) is 2.15. The maximum Gasteiger partial charge on any atom is 0.533 e. The number of hydroxylamine groups is 2. The van der Waals surface area contributed by atoms with Crippen molar-refractivity contribution in [3.05, 3.63) is 35.9 Å². The average Bonchev–Trinajstić information content (AvgIpc) is 3.25. The maximum absolute atomic E-state index is 11.5. The van der Waals surface area contributed by atoms with Crippen molar-refractivity contribution < 1.29 is 23.9 Å². The van der Waals surface area contributed by atoms with E-state index in [-0.39, 0.29) is 5.92 Å². The van der Waals surface area contributed by atoms with E-state index in [2.05, 4.69) is 9.47 Å². The molecular formula is C14H17NO5. The van der Waals surface area contributed by atoms with E-state index in [1.165, 1.54) is 19.8 Å². The summed E-state index contributed by atoms with van der Waals surface area (Å²) in [6.45, 7) is 0.293. The van der Waals surface area contributed by atoms with E-state index >= 15 is 0 Å². The summed E-state index contributed by atoms with van der Waals surface area (Å²) < 4.78 is 8.96. The van der Waals surface area contributed by atoms with Gasteiger partial charge in [0.25, 0.3) is 0 Å². The molecule has 1 aliphatic carbocycles. The Balaban J connectivity index is 1.93. The number of carbonyl (C=O) groups excluding carboxylic acids is 2. The van der Waals surface area contributed by atoms with Gasteiger partial charge in [0.1, 0.15) is 0 Å².